The molecule has 1 N–H and O–H groups in total. The smallest absolute Gasteiger partial charge is 0.339 e. The molecule has 22 heavy (non-hydrogen) atoms. The summed E-state index contributed by atoms with van der Waals surface area (Å²) in [4.78, 5) is 28.0. The van der Waals surface area contributed by atoms with E-state index in [1.165, 1.54) is 25.4 Å². The monoisotopic (exact) mass is 322 g/mol. The number of rotatable bonds is 3. The van der Waals surface area contributed by atoms with Crippen molar-refractivity contribution in [1.82, 2.24) is 20.3 Å². The van der Waals surface area contributed by atoms with Gasteiger partial charge in [0.2, 0.25) is 0 Å². The van der Waals surface area contributed by atoms with Gasteiger partial charge in [-0.2, -0.15) is 0 Å². The van der Waals surface area contributed by atoms with E-state index in [0.29, 0.717) is 30.3 Å². The van der Waals surface area contributed by atoms with Crippen LogP contribution in [0.5, 0.6) is 0 Å². The SMILES string of the molecule is CCNC(=S)N1CCCN1C(=O)c1ccc(C(=O)OC)cn1. The molecule has 1 aromatic heterocycles. The number of amides is 1. The molecular weight excluding hydrogens is 304 g/mol. The van der Waals surface area contributed by atoms with E-state index in [1.54, 1.807) is 10.0 Å². The maximum Gasteiger partial charge on any atom is 0.339 e. The highest BCUT2D eigenvalue weighted by Crippen LogP contribution is 2.15. The van der Waals surface area contributed by atoms with E-state index in [9.17, 15) is 9.59 Å². The highest BCUT2D eigenvalue weighted by molar-refractivity contribution is 7.80. The molecule has 1 aliphatic rings. The van der Waals surface area contributed by atoms with Crippen LogP contribution in [0, 0.1) is 0 Å². The fourth-order valence-corrected chi connectivity index (χ4v) is 2.50. The predicted molar refractivity (Wildman–Crippen MR) is 84.2 cm³/mol. The summed E-state index contributed by atoms with van der Waals surface area (Å²) in [5.74, 6) is -0.725. The number of thiocarbonyl (C=S) groups is 1. The van der Waals surface area contributed by atoms with Crippen LogP contribution < -0.4 is 5.32 Å². The van der Waals surface area contributed by atoms with E-state index >= 15 is 0 Å². The van der Waals surface area contributed by atoms with Gasteiger partial charge in [0.05, 0.1) is 12.7 Å². The Morgan fingerprint density at radius 2 is 2.09 bits per heavy atom. The largest absolute Gasteiger partial charge is 0.465 e. The second-order valence-electron chi connectivity index (χ2n) is 4.66. The number of hydrogen-bond donors (Lipinski definition) is 1. The van der Waals surface area contributed by atoms with Crippen molar-refractivity contribution in [3.63, 3.8) is 0 Å². The summed E-state index contributed by atoms with van der Waals surface area (Å²) in [5, 5.41) is 6.89. The van der Waals surface area contributed by atoms with Crippen LogP contribution in [0.25, 0.3) is 0 Å². The summed E-state index contributed by atoms with van der Waals surface area (Å²) < 4.78 is 4.60. The molecule has 0 aliphatic carbocycles. The van der Waals surface area contributed by atoms with Crippen molar-refractivity contribution in [3.8, 4) is 0 Å². The summed E-state index contributed by atoms with van der Waals surface area (Å²) >= 11 is 5.27. The Kier molecular flexibility index (Phi) is 5.26. The lowest BCUT2D eigenvalue weighted by molar-refractivity contribution is 0.0484. The highest BCUT2D eigenvalue weighted by atomic mass is 32.1. The number of nitrogens with one attached hydrogen (secondary N) is 1. The summed E-state index contributed by atoms with van der Waals surface area (Å²) in [6.07, 6.45) is 2.18. The lowest BCUT2D eigenvalue weighted by atomic mass is 10.2. The molecule has 118 valence electrons. The Morgan fingerprint density at radius 3 is 2.68 bits per heavy atom. The lowest BCUT2D eigenvalue weighted by Crippen LogP contribution is -2.49. The zero-order valence-electron chi connectivity index (χ0n) is 12.5. The van der Waals surface area contributed by atoms with Crippen LogP contribution in [-0.2, 0) is 4.74 Å². The first kappa shape index (κ1) is 16.2. The van der Waals surface area contributed by atoms with Crippen molar-refractivity contribution in [2.45, 2.75) is 13.3 Å². The first-order valence-electron chi connectivity index (χ1n) is 7.00. The van der Waals surface area contributed by atoms with E-state index in [4.69, 9.17) is 12.2 Å². The van der Waals surface area contributed by atoms with Gasteiger partial charge in [0.25, 0.3) is 5.91 Å². The van der Waals surface area contributed by atoms with Gasteiger partial charge in [0, 0.05) is 25.8 Å². The maximum atomic E-state index is 12.5. The molecule has 0 aromatic carbocycles. The van der Waals surface area contributed by atoms with Crippen molar-refractivity contribution in [3.05, 3.63) is 29.6 Å². The minimum absolute atomic E-state index is 0.242. The molecular formula is C14H18N4O3S. The number of ether oxygens (including phenoxy) is 1. The Labute approximate surface area is 134 Å². The third kappa shape index (κ3) is 3.33. The molecule has 0 saturated carbocycles. The van der Waals surface area contributed by atoms with Crippen LogP contribution >= 0.6 is 12.2 Å². The van der Waals surface area contributed by atoms with Crippen molar-refractivity contribution >= 4 is 29.2 Å². The van der Waals surface area contributed by atoms with E-state index in [-0.39, 0.29) is 11.6 Å². The van der Waals surface area contributed by atoms with Crippen LogP contribution in [0.1, 0.15) is 34.2 Å². The number of esters is 1. The van der Waals surface area contributed by atoms with Crippen LogP contribution in [0.15, 0.2) is 18.3 Å². The Hall–Kier alpha value is -2.22. The number of hydrogen-bond acceptors (Lipinski definition) is 5. The third-order valence-corrected chi connectivity index (χ3v) is 3.59. The first-order chi connectivity index (χ1) is 10.6. The van der Waals surface area contributed by atoms with Gasteiger partial charge in [-0.05, 0) is 37.7 Å². The van der Waals surface area contributed by atoms with Gasteiger partial charge < -0.3 is 10.1 Å². The van der Waals surface area contributed by atoms with Crippen molar-refractivity contribution in [2.75, 3.05) is 26.7 Å². The Balaban J connectivity index is 2.13. The summed E-state index contributed by atoms with van der Waals surface area (Å²) in [5.41, 5.74) is 0.569. The molecule has 7 nitrogen and oxygen atoms in total. The zero-order valence-corrected chi connectivity index (χ0v) is 13.4. The van der Waals surface area contributed by atoms with Gasteiger partial charge in [-0.3, -0.25) is 14.8 Å². The molecule has 1 amide bonds. The first-order valence-corrected chi connectivity index (χ1v) is 7.40. The van der Waals surface area contributed by atoms with E-state index in [1.807, 2.05) is 6.92 Å². The maximum absolute atomic E-state index is 12.5. The lowest BCUT2D eigenvalue weighted by Gasteiger charge is -2.29. The minimum atomic E-state index is -0.484. The minimum Gasteiger partial charge on any atom is -0.465 e. The molecule has 1 aromatic rings. The highest BCUT2D eigenvalue weighted by Gasteiger charge is 2.30. The number of hydrazine groups is 1. The van der Waals surface area contributed by atoms with Crippen LogP contribution in [0.4, 0.5) is 0 Å². The summed E-state index contributed by atoms with van der Waals surface area (Å²) in [6, 6.07) is 3.04. The fraction of sp³-hybridized carbons (Fsp3) is 0.429. The van der Waals surface area contributed by atoms with E-state index in [0.717, 1.165) is 6.42 Å². The number of aromatic nitrogens is 1. The van der Waals surface area contributed by atoms with Crippen molar-refractivity contribution in [1.29, 1.82) is 0 Å². The van der Waals surface area contributed by atoms with E-state index in [2.05, 4.69) is 15.0 Å². The standard InChI is InChI=1S/C14H18N4O3S/c1-3-15-14(22)18-8-4-7-17(18)12(19)11-6-5-10(9-16-11)13(20)21-2/h5-6,9H,3-4,7-8H2,1-2H3,(H,15,22). The number of pyridine rings is 1. The number of carbonyl (C=O) groups excluding carboxylic acids is 2. The molecule has 0 unspecified atom stereocenters. The van der Waals surface area contributed by atoms with Crippen molar-refractivity contribution < 1.29 is 14.3 Å². The molecule has 0 bridgehead atoms. The fourth-order valence-electron chi connectivity index (χ4n) is 2.17. The predicted octanol–water partition coefficient (Wildman–Crippen LogP) is 0.825. The molecule has 2 rings (SSSR count). The van der Waals surface area contributed by atoms with Gasteiger partial charge in [0.1, 0.15) is 5.69 Å². The van der Waals surface area contributed by atoms with Gasteiger partial charge >= 0.3 is 5.97 Å². The average Bonchev–Trinajstić information content (AvgIpc) is 3.03. The molecule has 0 radical (unpaired) electrons. The normalized spacial score (nSPS) is 13.9. The molecule has 1 fully saturated rings. The molecule has 1 saturated heterocycles. The topological polar surface area (TPSA) is 74.8 Å². The Morgan fingerprint density at radius 1 is 1.36 bits per heavy atom. The second kappa shape index (κ2) is 7.17. The quantitative estimate of drug-likeness (QED) is 0.652. The average molecular weight is 322 g/mol. The van der Waals surface area contributed by atoms with Gasteiger partial charge in [0.15, 0.2) is 5.11 Å². The van der Waals surface area contributed by atoms with Gasteiger partial charge in [-0.1, -0.05) is 0 Å². The third-order valence-electron chi connectivity index (χ3n) is 3.23. The molecule has 0 spiro atoms. The van der Waals surface area contributed by atoms with Gasteiger partial charge in [-0.15, -0.1) is 0 Å². The number of methoxy groups -OCH3 is 1. The summed E-state index contributed by atoms with van der Waals surface area (Å²) in [7, 11) is 1.30. The number of carbonyl (C=O) groups is 2. The molecule has 8 heteroatoms. The van der Waals surface area contributed by atoms with Gasteiger partial charge in [-0.25, -0.2) is 9.80 Å². The van der Waals surface area contributed by atoms with Crippen LogP contribution in [-0.4, -0.2) is 58.7 Å². The van der Waals surface area contributed by atoms with Crippen LogP contribution in [0.3, 0.4) is 0 Å². The molecule has 2 heterocycles. The van der Waals surface area contributed by atoms with Crippen molar-refractivity contribution in [2.24, 2.45) is 0 Å². The van der Waals surface area contributed by atoms with E-state index < -0.39 is 5.97 Å². The van der Waals surface area contributed by atoms with Crippen LogP contribution in [0.2, 0.25) is 0 Å². The zero-order chi connectivity index (χ0) is 16.1. The molecule has 0 atom stereocenters. The Bertz CT molecular complexity index is 576. The number of nitrogens with zero attached hydrogens (tertiary/aromatic N) is 3. The molecule has 1 aliphatic heterocycles. The summed E-state index contributed by atoms with van der Waals surface area (Å²) in [6.45, 7) is 3.92. The second-order valence-corrected chi connectivity index (χ2v) is 5.05.